The van der Waals surface area contributed by atoms with Gasteiger partial charge in [-0.05, 0) is 54.4 Å². The Balaban J connectivity index is 1.49. The maximum atomic E-state index is 13.2. The number of fused-ring (bicyclic) bond motifs is 1. The molecular weight excluding hydrogens is 460 g/mol. The molecule has 0 saturated heterocycles. The number of hydrogen-bond donors (Lipinski definition) is 0. The molecule has 0 aliphatic rings. The van der Waals surface area contributed by atoms with E-state index in [1.807, 2.05) is 0 Å². The molecule has 0 amide bonds. The Morgan fingerprint density at radius 1 is 1.12 bits per heavy atom. The highest BCUT2D eigenvalue weighted by atomic mass is 35.5. The zero-order valence-corrected chi connectivity index (χ0v) is 19.0. The number of imidazole rings is 1. The van der Waals surface area contributed by atoms with Crippen LogP contribution in [-0.2, 0) is 16.3 Å². The van der Waals surface area contributed by atoms with E-state index in [0.717, 1.165) is 11.2 Å². The quantitative estimate of drug-likeness (QED) is 0.272. The maximum absolute atomic E-state index is 13.2. The Hall–Kier alpha value is -3.60. The van der Waals surface area contributed by atoms with Gasteiger partial charge in [-0.1, -0.05) is 29.7 Å². The van der Waals surface area contributed by atoms with Crippen molar-refractivity contribution in [2.75, 3.05) is 6.61 Å². The average Bonchev–Trinajstić information content (AvgIpc) is 3.30. The summed E-state index contributed by atoms with van der Waals surface area (Å²) in [6.45, 7) is -0.0646. The van der Waals surface area contributed by atoms with Crippen molar-refractivity contribution < 1.29 is 17.9 Å². The number of aromatic nitrogens is 2. The Kier molecular flexibility index (Phi) is 6.50. The molecular formula is C25H19ClN2O4S. The van der Waals surface area contributed by atoms with Crippen molar-refractivity contribution in [3.05, 3.63) is 89.3 Å². The predicted octanol–water partition coefficient (Wildman–Crippen LogP) is 4.65. The number of sulfone groups is 1. The van der Waals surface area contributed by atoms with E-state index in [1.54, 1.807) is 47.3 Å². The standard InChI is InChI=1S/C25H19ClN2O4S/c1-2-15-32-23-11-7-20(26)16-24(23)33(30,31)21-8-3-18(4-9-21)5-10-22(29)19-6-12-25-27-13-14-28(25)17-19/h1,3-4,6-9,11-14,16-17H,5,10,15H2. The van der Waals surface area contributed by atoms with Crippen LogP contribution in [0.5, 0.6) is 5.75 Å². The number of carbonyl (C=O) groups is 1. The summed E-state index contributed by atoms with van der Waals surface area (Å²) in [5, 5.41) is 0.269. The average molecular weight is 479 g/mol. The van der Waals surface area contributed by atoms with Crippen LogP contribution in [0.15, 0.2) is 83.0 Å². The molecule has 33 heavy (non-hydrogen) atoms. The predicted molar refractivity (Wildman–Crippen MR) is 126 cm³/mol. The van der Waals surface area contributed by atoms with Crippen LogP contribution in [0.1, 0.15) is 22.3 Å². The number of Topliss-reactive ketones (excluding diaryl/α,β-unsaturated/α-hetero) is 1. The lowest BCUT2D eigenvalue weighted by Gasteiger charge is -2.12. The molecule has 0 fully saturated rings. The second-order valence-corrected chi connectivity index (χ2v) is 9.62. The van der Waals surface area contributed by atoms with Gasteiger partial charge in [-0.25, -0.2) is 13.4 Å². The Morgan fingerprint density at radius 3 is 2.67 bits per heavy atom. The fraction of sp³-hybridized carbons (Fsp3) is 0.120. The van der Waals surface area contributed by atoms with Gasteiger partial charge in [-0.3, -0.25) is 4.79 Å². The first kappa shape index (κ1) is 22.6. The van der Waals surface area contributed by atoms with Crippen LogP contribution < -0.4 is 4.74 Å². The molecule has 0 aliphatic carbocycles. The molecule has 2 aromatic heterocycles. The summed E-state index contributed by atoms with van der Waals surface area (Å²) in [6.07, 6.45) is 11.2. The molecule has 0 saturated carbocycles. The molecule has 166 valence electrons. The van der Waals surface area contributed by atoms with E-state index < -0.39 is 9.84 Å². The summed E-state index contributed by atoms with van der Waals surface area (Å²) in [4.78, 5) is 16.8. The van der Waals surface area contributed by atoms with Crippen molar-refractivity contribution in [3.63, 3.8) is 0 Å². The highest BCUT2D eigenvalue weighted by Crippen LogP contribution is 2.32. The number of benzene rings is 2. The topological polar surface area (TPSA) is 77.7 Å². The highest BCUT2D eigenvalue weighted by Gasteiger charge is 2.23. The number of nitrogens with zero attached hydrogens (tertiary/aromatic N) is 2. The number of rotatable bonds is 8. The van der Waals surface area contributed by atoms with Crippen molar-refractivity contribution in [2.24, 2.45) is 0 Å². The first-order chi connectivity index (χ1) is 15.9. The first-order valence-corrected chi connectivity index (χ1v) is 11.9. The number of halogens is 1. The lowest BCUT2D eigenvalue weighted by atomic mass is 10.0. The number of ether oxygens (including phenoxy) is 1. The zero-order chi connectivity index (χ0) is 23.4. The summed E-state index contributed by atoms with van der Waals surface area (Å²) in [6, 6.07) is 14.3. The van der Waals surface area contributed by atoms with E-state index in [1.165, 1.54) is 30.3 Å². The third kappa shape index (κ3) is 4.92. The van der Waals surface area contributed by atoms with Crippen molar-refractivity contribution in [2.45, 2.75) is 22.6 Å². The van der Waals surface area contributed by atoms with Crippen molar-refractivity contribution in [1.29, 1.82) is 0 Å². The molecule has 0 spiro atoms. The van der Waals surface area contributed by atoms with Crippen LogP contribution in [0.4, 0.5) is 0 Å². The molecule has 2 aromatic carbocycles. The van der Waals surface area contributed by atoms with E-state index in [0.29, 0.717) is 18.4 Å². The van der Waals surface area contributed by atoms with Gasteiger partial charge in [-0.2, -0.15) is 0 Å². The third-order valence-corrected chi connectivity index (χ3v) is 7.12. The van der Waals surface area contributed by atoms with Gasteiger partial charge < -0.3 is 9.14 Å². The van der Waals surface area contributed by atoms with E-state index in [4.69, 9.17) is 22.8 Å². The Labute approximate surface area is 196 Å². The first-order valence-electron chi connectivity index (χ1n) is 10.0. The fourth-order valence-electron chi connectivity index (χ4n) is 3.38. The molecule has 0 radical (unpaired) electrons. The lowest BCUT2D eigenvalue weighted by Crippen LogP contribution is -2.07. The van der Waals surface area contributed by atoms with Crippen LogP contribution in [0.25, 0.3) is 5.65 Å². The highest BCUT2D eigenvalue weighted by molar-refractivity contribution is 7.91. The minimum absolute atomic E-state index is 0.00321. The van der Waals surface area contributed by atoms with E-state index in [-0.39, 0.29) is 33.0 Å². The molecule has 0 aliphatic heterocycles. The van der Waals surface area contributed by atoms with Crippen molar-refractivity contribution in [1.82, 2.24) is 9.38 Å². The molecule has 6 nitrogen and oxygen atoms in total. The number of terminal acetylenes is 1. The molecule has 2 heterocycles. The van der Waals surface area contributed by atoms with Crippen LogP contribution in [0.3, 0.4) is 0 Å². The molecule has 4 aromatic rings. The van der Waals surface area contributed by atoms with Crippen molar-refractivity contribution in [3.8, 4) is 18.1 Å². The van der Waals surface area contributed by atoms with Crippen molar-refractivity contribution >= 4 is 32.9 Å². The van der Waals surface area contributed by atoms with Gasteiger partial charge in [0.25, 0.3) is 0 Å². The number of pyridine rings is 1. The monoisotopic (exact) mass is 478 g/mol. The smallest absolute Gasteiger partial charge is 0.210 e. The summed E-state index contributed by atoms with van der Waals surface area (Å²) in [5.74, 6) is 2.45. The van der Waals surface area contributed by atoms with Crippen LogP contribution >= 0.6 is 11.6 Å². The summed E-state index contributed by atoms with van der Waals surface area (Å²) in [5.41, 5.74) is 2.22. The zero-order valence-electron chi connectivity index (χ0n) is 17.4. The molecule has 8 heteroatoms. The van der Waals surface area contributed by atoms with Crippen LogP contribution in [0.2, 0.25) is 5.02 Å². The molecule has 0 unspecified atom stereocenters. The number of carbonyl (C=O) groups excluding carboxylic acids is 1. The van der Waals surface area contributed by atoms with E-state index in [9.17, 15) is 13.2 Å². The minimum Gasteiger partial charge on any atom is -0.480 e. The normalized spacial score (nSPS) is 11.3. The molecule has 0 bridgehead atoms. The lowest BCUT2D eigenvalue weighted by molar-refractivity contribution is 0.0982. The van der Waals surface area contributed by atoms with E-state index >= 15 is 0 Å². The van der Waals surface area contributed by atoms with Gasteiger partial charge in [0.05, 0.1) is 4.90 Å². The number of aryl methyl sites for hydroxylation is 1. The second-order valence-electron chi connectivity index (χ2n) is 7.26. The summed E-state index contributed by atoms with van der Waals surface area (Å²) < 4.78 is 33.5. The van der Waals surface area contributed by atoms with Gasteiger partial charge in [0, 0.05) is 35.6 Å². The van der Waals surface area contributed by atoms with Gasteiger partial charge in [0.1, 0.15) is 22.9 Å². The molecule has 4 rings (SSSR count). The number of ketones is 1. The Morgan fingerprint density at radius 2 is 1.91 bits per heavy atom. The largest absolute Gasteiger partial charge is 0.480 e. The third-order valence-electron chi connectivity index (χ3n) is 5.09. The molecule has 0 atom stereocenters. The number of hydrogen-bond acceptors (Lipinski definition) is 5. The van der Waals surface area contributed by atoms with E-state index in [2.05, 4.69) is 10.9 Å². The minimum atomic E-state index is -3.88. The second kappa shape index (κ2) is 9.49. The van der Waals surface area contributed by atoms with Gasteiger partial charge in [0.2, 0.25) is 9.84 Å². The maximum Gasteiger partial charge on any atom is 0.210 e. The van der Waals surface area contributed by atoms with Gasteiger partial charge in [0.15, 0.2) is 5.78 Å². The van der Waals surface area contributed by atoms with Crippen LogP contribution in [-0.4, -0.2) is 30.2 Å². The Bertz CT molecular complexity index is 1470. The van der Waals surface area contributed by atoms with Gasteiger partial charge in [-0.15, -0.1) is 6.42 Å². The SMILES string of the molecule is C#CCOc1ccc(Cl)cc1S(=O)(=O)c1ccc(CCC(=O)c2ccc3nccn3c2)cc1. The molecule has 0 N–H and O–H groups in total. The summed E-state index contributed by atoms with van der Waals surface area (Å²) >= 11 is 6.02. The fourth-order valence-corrected chi connectivity index (χ4v) is 5.04. The summed E-state index contributed by atoms with van der Waals surface area (Å²) in [7, 11) is -3.88. The van der Waals surface area contributed by atoms with Gasteiger partial charge >= 0.3 is 0 Å². The van der Waals surface area contributed by atoms with Crippen LogP contribution in [0, 0.1) is 12.3 Å².